The van der Waals surface area contributed by atoms with E-state index in [0.29, 0.717) is 36.7 Å². The first-order chi connectivity index (χ1) is 14.8. The number of aromatic amines is 1. The molecule has 0 unspecified atom stereocenters. The summed E-state index contributed by atoms with van der Waals surface area (Å²) in [6.07, 6.45) is -3.76. The van der Waals surface area contributed by atoms with E-state index in [1.807, 2.05) is 6.07 Å². The average Bonchev–Trinajstić information content (AvgIpc) is 3.34. The van der Waals surface area contributed by atoms with Crippen molar-refractivity contribution in [1.29, 1.82) is 0 Å². The lowest BCUT2D eigenvalue weighted by Gasteiger charge is -2.22. The molecule has 1 aliphatic heterocycles. The Bertz CT molecular complexity index is 1030. The van der Waals surface area contributed by atoms with E-state index >= 15 is 0 Å². The average molecular weight is 429 g/mol. The number of nitrogens with one attached hydrogen (secondary N) is 2. The van der Waals surface area contributed by atoms with Crippen LogP contribution in [0.2, 0.25) is 0 Å². The van der Waals surface area contributed by atoms with Gasteiger partial charge in [0.2, 0.25) is 0 Å². The number of rotatable bonds is 5. The smallest absolute Gasteiger partial charge is 0.348 e. The number of amides is 1. The molecule has 0 spiro atoms. The molecule has 0 bridgehead atoms. The first-order valence-electron chi connectivity index (χ1n) is 9.94. The maximum absolute atomic E-state index is 12.9. The lowest BCUT2D eigenvalue weighted by atomic mass is 10.1. The largest absolute Gasteiger partial charge is 0.416 e. The molecule has 0 radical (unpaired) electrons. The number of hydrogen-bond donors (Lipinski definition) is 2. The van der Waals surface area contributed by atoms with E-state index in [1.54, 1.807) is 31.2 Å². The fourth-order valence-electron chi connectivity index (χ4n) is 3.85. The summed E-state index contributed by atoms with van der Waals surface area (Å²) in [5, 5.41) is 10.2. The summed E-state index contributed by atoms with van der Waals surface area (Å²) in [7, 11) is 0. The van der Waals surface area contributed by atoms with Gasteiger partial charge in [-0.2, -0.15) is 18.3 Å². The van der Waals surface area contributed by atoms with Crippen LogP contribution >= 0.6 is 0 Å². The van der Waals surface area contributed by atoms with Gasteiger partial charge in [-0.15, -0.1) is 0 Å². The second-order valence-electron chi connectivity index (χ2n) is 7.69. The van der Waals surface area contributed by atoms with Crippen LogP contribution < -0.4 is 5.32 Å². The molecule has 6 nitrogen and oxygen atoms in total. The summed E-state index contributed by atoms with van der Waals surface area (Å²) >= 11 is 0. The number of hydrogen-bond acceptors (Lipinski definition) is 4. The minimum Gasteiger partial charge on any atom is -0.348 e. The SMILES string of the molecule is Cc1nc([C@@H]2C[C@H](NC(=O)c3ccccc3)CN2Cc2ccc(C(F)(F)F)cc2)n[nH]1. The van der Waals surface area contributed by atoms with Gasteiger partial charge in [0.15, 0.2) is 5.82 Å². The van der Waals surface area contributed by atoms with E-state index < -0.39 is 11.7 Å². The maximum atomic E-state index is 12.9. The third-order valence-corrected chi connectivity index (χ3v) is 5.35. The molecule has 0 aliphatic carbocycles. The molecule has 1 saturated heterocycles. The van der Waals surface area contributed by atoms with Gasteiger partial charge in [-0.05, 0) is 43.2 Å². The van der Waals surface area contributed by atoms with Crippen LogP contribution in [-0.4, -0.2) is 38.6 Å². The molecule has 1 fully saturated rings. The molecule has 4 rings (SSSR count). The Labute approximate surface area is 177 Å². The number of H-pyrrole nitrogens is 1. The zero-order valence-electron chi connectivity index (χ0n) is 16.9. The summed E-state index contributed by atoms with van der Waals surface area (Å²) in [6.45, 7) is 2.77. The Kier molecular flexibility index (Phi) is 5.77. The summed E-state index contributed by atoms with van der Waals surface area (Å²) < 4.78 is 38.6. The topological polar surface area (TPSA) is 73.9 Å². The normalized spacial score (nSPS) is 19.5. The van der Waals surface area contributed by atoms with Gasteiger partial charge in [0.1, 0.15) is 5.82 Å². The number of carbonyl (C=O) groups is 1. The van der Waals surface area contributed by atoms with E-state index in [4.69, 9.17) is 0 Å². The van der Waals surface area contributed by atoms with Gasteiger partial charge < -0.3 is 5.32 Å². The van der Waals surface area contributed by atoms with Crippen LogP contribution in [0, 0.1) is 6.92 Å². The Morgan fingerprint density at radius 1 is 1.16 bits per heavy atom. The van der Waals surface area contributed by atoms with Crippen LogP contribution in [0.15, 0.2) is 54.6 Å². The molecule has 2 atom stereocenters. The Balaban J connectivity index is 1.50. The second kappa shape index (κ2) is 8.50. The number of halogens is 3. The molecular formula is C22H22F3N5O. The van der Waals surface area contributed by atoms with E-state index in [9.17, 15) is 18.0 Å². The number of alkyl halides is 3. The fourth-order valence-corrected chi connectivity index (χ4v) is 3.85. The molecule has 2 aromatic carbocycles. The second-order valence-corrected chi connectivity index (χ2v) is 7.69. The van der Waals surface area contributed by atoms with Crippen molar-refractivity contribution in [3.63, 3.8) is 0 Å². The molecule has 31 heavy (non-hydrogen) atoms. The predicted molar refractivity (Wildman–Crippen MR) is 108 cm³/mol. The van der Waals surface area contributed by atoms with Gasteiger partial charge in [0.05, 0.1) is 11.6 Å². The Morgan fingerprint density at radius 2 is 1.87 bits per heavy atom. The van der Waals surface area contributed by atoms with Crippen LogP contribution in [0.25, 0.3) is 0 Å². The number of nitrogens with zero attached hydrogens (tertiary/aromatic N) is 3. The van der Waals surface area contributed by atoms with Gasteiger partial charge in [-0.1, -0.05) is 30.3 Å². The van der Waals surface area contributed by atoms with Crippen molar-refractivity contribution in [2.75, 3.05) is 6.54 Å². The predicted octanol–water partition coefficient (Wildman–Crippen LogP) is 3.88. The molecule has 2 N–H and O–H groups in total. The molecule has 1 amide bonds. The molecule has 2 heterocycles. The number of aromatic nitrogens is 3. The van der Waals surface area contributed by atoms with Crippen molar-refractivity contribution in [2.45, 2.75) is 38.1 Å². The first-order valence-corrected chi connectivity index (χ1v) is 9.94. The van der Waals surface area contributed by atoms with Crippen molar-refractivity contribution in [1.82, 2.24) is 25.4 Å². The highest BCUT2D eigenvalue weighted by Crippen LogP contribution is 2.33. The summed E-state index contributed by atoms with van der Waals surface area (Å²) in [5.41, 5.74) is 0.654. The molecule has 0 saturated carbocycles. The van der Waals surface area contributed by atoms with E-state index in [0.717, 1.165) is 17.7 Å². The number of benzene rings is 2. The fraction of sp³-hybridized carbons (Fsp3) is 0.318. The monoisotopic (exact) mass is 429 g/mol. The van der Waals surface area contributed by atoms with Crippen molar-refractivity contribution < 1.29 is 18.0 Å². The third kappa shape index (κ3) is 4.93. The zero-order chi connectivity index (χ0) is 22.0. The van der Waals surface area contributed by atoms with Crippen LogP contribution in [0.1, 0.15) is 45.6 Å². The van der Waals surface area contributed by atoms with Crippen LogP contribution in [-0.2, 0) is 12.7 Å². The van der Waals surface area contributed by atoms with Gasteiger partial charge in [0.25, 0.3) is 5.91 Å². The molecule has 1 aliphatic rings. The van der Waals surface area contributed by atoms with Crippen molar-refractivity contribution in [2.24, 2.45) is 0 Å². The Morgan fingerprint density at radius 3 is 2.48 bits per heavy atom. The lowest BCUT2D eigenvalue weighted by molar-refractivity contribution is -0.137. The standard InChI is InChI=1S/C22H22F3N5O/c1-14-26-20(29-28-14)19-11-18(27-21(31)16-5-3-2-4-6-16)13-30(19)12-15-7-9-17(10-8-15)22(23,24)25/h2-10,18-19H,11-13H2,1H3,(H,27,31)(H,26,28,29)/t18-,19-/m0/s1. The van der Waals surface area contributed by atoms with Gasteiger partial charge in [0, 0.05) is 24.7 Å². The highest BCUT2D eigenvalue weighted by atomic mass is 19.4. The number of carbonyl (C=O) groups excluding carboxylic acids is 1. The molecule has 3 aromatic rings. The van der Waals surface area contributed by atoms with Crippen LogP contribution in [0.5, 0.6) is 0 Å². The molecular weight excluding hydrogens is 407 g/mol. The summed E-state index contributed by atoms with van der Waals surface area (Å²) in [5.74, 6) is 1.13. The lowest BCUT2D eigenvalue weighted by Crippen LogP contribution is -2.37. The molecule has 162 valence electrons. The highest BCUT2D eigenvalue weighted by Gasteiger charge is 2.36. The van der Waals surface area contributed by atoms with Crippen LogP contribution in [0.3, 0.4) is 0 Å². The zero-order valence-corrected chi connectivity index (χ0v) is 16.9. The van der Waals surface area contributed by atoms with Crippen molar-refractivity contribution in [3.05, 3.63) is 82.9 Å². The van der Waals surface area contributed by atoms with E-state index in [-0.39, 0.29) is 18.0 Å². The minimum absolute atomic E-state index is 0.133. The number of aryl methyl sites for hydroxylation is 1. The summed E-state index contributed by atoms with van der Waals surface area (Å²) in [6, 6.07) is 13.8. The van der Waals surface area contributed by atoms with Crippen molar-refractivity contribution >= 4 is 5.91 Å². The van der Waals surface area contributed by atoms with Crippen molar-refractivity contribution in [3.8, 4) is 0 Å². The molecule has 1 aromatic heterocycles. The maximum Gasteiger partial charge on any atom is 0.416 e. The summed E-state index contributed by atoms with van der Waals surface area (Å²) in [4.78, 5) is 19.1. The van der Waals surface area contributed by atoms with Crippen LogP contribution in [0.4, 0.5) is 13.2 Å². The molecule has 9 heteroatoms. The van der Waals surface area contributed by atoms with Gasteiger partial charge >= 0.3 is 6.18 Å². The van der Waals surface area contributed by atoms with E-state index in [1.165, 1.54) is 12.1 Å². The highest BCUT2D eigenvalue weighted by molar-refractivity contribution is 5.94. The third-order valence-electron chi connectivity index (χ3n) is 5.35. The quantitative estimate of drug-likeness (QED) is 0.646. The number of likely N-dealkylation sites (tertiary alicyclic amines) is 1. The minimum atomic E-state index is -4.36. The van der Waals surface area contributed by atoms with Gasteiger partial charge in [-0.3, -0.25) is 14.8 Å². The Hall–Kier alpha value is -3.20. The first kappa shape index (κ1) is 21.0. The van der Waals surface area contributed by atoms with Gasteiger partial charge in [-0.25, -0.2) is 4.98 Å². The van der Waals surface area contributed by atoms with E-state index in [2.05, 4.69) is 25.4 Å².